The highest BCUT2D eigenvalue weighted by Gasteiger charge is 2.36. The van der Waals surface area contributed by atoms with Crippen molar-refractivity contribution in [2.24, 2.45) is 0 Å². The van der Waals surface area contributed by atoms with E-state index in [2.05, 4.69) is 11.4 Å². The highest BCUT2D eigenvalue weighted by molar-refractivity contribution is 8.18. The maximum atomic E-state index is 12.8. The molecule has 2 aromatic carbocycles. The van der Waals surface area contributed by atoms with Crippen LogP contribution < -0.4 is 5.32 Å². The number of hydrogen-bond acceptors (Lipinski definition) is 5. The van der Waals surface area contributed by atoms with Gasteiger partial charge in [-0.15, -0.1) is 0 Å². The average Bonchev–Trinajstić information content (AvgIpc) is 3.22. The predicted octanol–water partition coefficient (Wildman–Crippen LogP) is 4.49. The molecule has 154 valence electrons. The Morgan fingerprint density at radius 3 is 2.65 bits per heavy atom. The average molecular weight is 451 g/mol. The molecular formula is C22H15ClN4O3S. The number of imide groups is 1. The molecule has 1 fully saturated rings. The summed E-state index contributed by atoms with van der Waals surface area (Å²) in [4.78, 5) is 38.6. The zero-order chi connectivity index (χ0) is 22.0. The first kappa shape index (κ1) is 20.7. The number of benzene rings is 2. The monoisotopic (exact) mass is 450 g/mol. The van der Waals surface area contributed by atoms with Crippen molar-refractivity contribution in [2.75, 3.05) is 11.9 Å². The van der Waals surface area contributed by atoms with Gasteiger partial charge in [-0.3, -0.25) is 19.3 Å². The first-order valence-corrected chi connectivity index (χ1v) is 10.4. The molecule has 31 heavy (non-hydrogen) atoms. The second-order valence-corrected chi connectivity index (χ2v) is 8.14. The summed E-state index contributed by atoms with van der Waals surface area (Å²) in [6.45, 7) is -0.221. The molecule has 0 atom stereocenters. The summed E-state index contributed by atoms with van der Waals surface area (Å²) in [6, 6.07) is 16.1. The third-order valence-corrected chi connectivity index (χ3v) is 5.81. The smallest absolute Gasteiger partial charge is 0.294 e. The van der Waals surface area contributed by atoms with Crippen molar-refractivity contribution in [1.82, 2.24) is 9.47 Å². The van der Waals surface area contributed by atoms with Crippen LogP contribution in [0.25, 0.3) is 17.0 Å². The van der Waals surface area contributed by atoms with Crippen molar-refractivity contribution in [1.29, 1.82) is 5.26 Å². The van der Waals surface area contributed by atoms with Crippen molar-refractivity contribution >= 4 is 63.1 Å². The number of nitrogens with one attached hydrogen (secondary N) is 1. The summed E-state index contributed by atoms with van der Waals surface area (Å²) in [7, 11) is 0. The van der Waals surface area contributed by atoms with Gasteiger partial charge in [0.05, 0.1) is 11.0 Å². The van der Waals surface area contributed by atoms with Gasteiger partial charge < -0.3 is 9.88 Å². The molecule has 1 aliphatic heterocycles. The van der Waals surface area contributed by atoms with Crippen LogP contribution in [0.2, 0.25) is 5.02 Å². The highest BCUT2D eigenvalue weighted by atomic mass is 35.5. The van der Waals surface area contributed by atoms with Crippen LogP contribution in [0.3, 0.4) is 0 Å². The van der Waals surface area contributed by atoms with E-state index in [9.17, 15) is 14.4 Å². The number of hydrogen-bond donors (Lipinski definition) is 1. The van der Waals surface area contributed by atoms with E-state index in [1.54, 1.807) is 41.1 Å². The molecule has 1 saturated heterocycles. The molecule has 0 saturated carbocycles. The second-order valence-electron chi connectivity index (χ2n) is 6.71. The van der Waals surface area contributed by atoms with E-state index in [1.807, 2.05) is 24.3 Å². The lowest BCUT2D eigenvalue weighted by atomic mass is 10.1. The molecule has 1 aliphatic rings. The molecule has 2 heterocycles. The fourth-order valence-electron chi connectivity index (χ4n) is 3.25. The minimum absolute atomic E-state index is 0.167. The van der Waals surface area contributed by atoms with Crippen LogP contribution in [-0.2, 0) is 16.1 Å². The lowest BCUT2D eigenvalue weighted by molar-refractivity contribution is -0.127. The van der Waals surface area contributed by atoms with Gasteiger partial charge >= 0.3 is 0 Å². The molecule has 0 radical (unpaired) electrons. The largest absolute Gasteiger partial charge is 0.333 e. The third-order valence-electron chi connectivity index (χ3n) is 4.65. The Bertz CT molecular complexity index is 1270. The lowest BCUT2D eigenvalue weighted by Gasteiger charge is -2.12. The highest BCUT2D eigenvalue weighted by Crippen LogP contribution is 2.34. The number of aromatic nitrogens is 1. The Kier molecular flexibility index (Phi) is 5.80. The number of para-hydroxylation sites is 1. The minimum Gasteiger partial charge on any atom is -0.333 e. The Balaban J connectivity index is 1.54. The van der Waals surface area contributed by atoms with Gasteiger partial charge in [-0.25, -0.2) is 0 Å². The zero-order valence-corrected chi connectivity index (χ0v) is 17.6. The Hall–Kier alpha value is -3.54. The molecular weight excluding hydrogens is 436 g/mol. The predicted molar refractivity (Wildman–Crippen MR) is 120 cm³/mol. The zero-order valence-electron chi connectivity index (χ0n) is 16.0. The van der Waals surface area contributed by atoms with Crippen LogP contribution in [0.4, 0.5) is 10.5 Å². The van der Waals surface area contributed by atoms with Crippen LogP contribution in [0.5, 0.6) is 0 Å². The van der Waals surface area contributed by atoms with Crippen molar-refractivity contribution < 1.29 is 14.4 Å². The van der Waals surface area contributed by atoms with Crippen LogP contribution in [0.15, 0.2) is 59.6 Å². The molecule has 7 nitrogen and oxygen atoms in total. The summed E-state index contributed by atoms with van der Waals surface area (Å²) in [5.41, 5.74) is 2.10. The van der Waals surface area contributed by atoms with Crippen molar-refractivity contribution in [3.8, 4) is 6.07 Å². The van der Waals surface area contributed by atoms with E-state index in [1.165, 1.54) is 0 Å². The summed E-state index contributed by atoms with van der Waals surface area (Å²) < 4.78 is 1.78. The van der Waals surface area contributed by atoms with E-state index in [4.69, 9.17) is 16.9 Å². The number of anilines is 1. The molecule has 0 unspecified atom stereocenters. The van der Waals surface area contributed by atoms with E-state index < -0.39 is 17.1 Å². The van der Waals surface area contributed by atoms with E-state index in [-0.39, 0.29) is 18.0 Å². The fourth-order valence-corrected chi connectivity index (χ4v) is 4.21. The number of halogens is 1. The van der Waals surface area contributed by atoms with Gasteiger partial charge in [0.25, 0.3) is 11.1 Å². The van der Waals surface area contributed by atoms with Gasteiger partial charge in [0.2, 0.25) is 5.91 Å². The first-order valence-electron chi connectivity index (χ1n) is 9.22. The normalized spacial score (nSPS) is 15.0. The molecule has 4 rings (SSSR count). The Labute approximate surface area is 186 Å². The quantitative estimate of drug-likeness (QED) is 0.577. The molecule has 3 aromatic rings. The number of carbonyl (C=O) groups is 3. The molecule has 1 N–H and O–H groups in total. The van der Waals surface area contributed by atoms with Crippen molar-refractivity contribution in [3.63, 3.8) is 0 Å². The Morgan fingerprint density at radius 1 is 1.16 bits per heavy atom. The van der Waals surface area contributed by atoms with Gasteiger partial charge in [-0.2, -0.15) is 5.26 Å². The first-order chi connectivity index (χ1) is 15.0. The van der Waals surface area contributed by atoms with Gasteiger partial charge in [0.1, 0.15) is 13.1 Å². The number of fused-ring (bicyclic) bond motifs is 1. The topological polar surface area (TPSA) is 95.2 Å². The summed E-state index contributed by atoms with van der Waals surface area (Å²) in [5.74, 6) is -1.02. The van der Waals surface area contributed by atoms with Gasteiger partial charge in [0.15, 0.2) is 0 Å². The van der Waals surface area contributed by atoms with Gasteiger partial charge in [0, 0.05) is 33.4 Å². The van der Waals surface area contributed by atoms with Crippen LogP contribution in [0.1, 0.15) is 5.56 Å². The molecule has 9 heteroatoms. The number of amides is 3. The maximum Gasteiger partial charge on any atom is 0.294 e. The van der Waals surface area contributed by atoms with Crippen LogP contribution in [0, 0.1) is 11.3 Å². The molecule has 1 aromatic heterocycles. The standard InChI is InChI=1S/C22H15ClN4O3S/c23-15-5-7-16(8-6-15)25-20(28)13-27-21(29)19(31-22(27)30)11-14-12-26(10-9-24)18-4-2-1-3-17(14)18/h1-8,11-12H,10,13H2,(H,25,28)/b19-11-. The van der Waals surface area contributed by atoms with Gasteiger partial charge in [-0.1, -0.05) is 29.8 Å². The number of nitrogens with zero attached hydrogens (tertiary/aromatic N) is 3. The second kappa shape index (κ2) is 8.68. The van der Waals surface area contributed by atoms with Gasteiger partial charge in [-0.05, 0) is 48.2 Å². The number of nitriles is 1. The number of thioether (sulfide) groups is 1. The number of carbonyl (C=O) groups excluding carboxylic acids is 3. The molecule has 0 spiro atoms. The summed E-state index contributed by atoms with van der Waals surface area (Å²) in [5, 5.41) is 12.6. The SMILES string of the molecule is N#CCn1cc(/C=C2\SC(=O)N(CC(=O)Nc3ccc(Cl)cc3)C2=O)c2ccccc21. The van der Waals surface area contributed by atoms with E-state index >= 15 is 0 Å². The number of rotatable bonds is 5. The maximum absolute atomic E-state index is 12.8. The minimum atomic E-state index is -0.529. The molecule has 0 bridgehead atoms. The summed E-state index contributed by atoms with van der Waals surface area (Å²) in [6.07, 6.45) is 3.40. The molecule has 3 amide bonds. The Morgan fingerprint density at radius 2 is 1.90 bits per heavy atom. The summed E-state index contributed by atoms with van der Waals surface area (Å²) >= 11 is 6.61. The van der Waals surface area contributed by atoms with E-state index in [0.29, 0.717) is 10.7 Å². The van der Waals surface area contributed by atoms with Crippen LogP contribution in [-0.4, -0.2) is 33.1 Å². The van der Waals surface area contributed by atoms with E-state index in [0.717, 1.165) is 33.1 Å². The third kappa shape index (κ3) is 4.33. The fraction of sp³-hybridized carbons (Fsp3) is 0.0909. The van der Waals surface area contributed by atoms with Crippen molar-refractivity contribution in [2.45, 2.75) is 6.54 Å². The van der Waals surface area contributed by atoms with Crippen LogP contribution >= 0.6 is 23.4 Å². The van der Waals surface area contributed by atoms with Crippen molar-refractivity contribution in [3.05, 3.63) is 70.2 Å². The lowest BCUT2D eigenvalue weighted by Crippen LogP contribution is -2.36. The molecule has 0 aliphatic carbocycles.